The molecule has 160 valence electrons. The van der Waals surface area contributed by atoms with Crippen LogP contribution in [0.25, 0.3) is 0 Å². The molecule has 1 saturated heterocycles. The molecule has 2 aromatic rings. The summed E-state index contributed by atoms with van der Waals surface area (Å²) in [5, 5.41) is 2.81. The van der Waals surface area contributed by atoms with Crippen molar-refractivity contribution in [3.63, 3.8) is 0 Å². The Morgan fingerprint density at radius 2 is 1.57 bits per heavy atom. The molecule has 0 spiro atoms. The Morgan fingerprint density at radius 1 is 0.967 bits per heavy atom. The third-order valence-corrected chi connectivity index (χ3v) is 5.23. The highest BCUT2D eigenvalue weighted by Gasteiger charge is 2.25. The molecule has 0 bridgehead atoms. The van der Waals surface area contributed by atoms with E-state index in [1.807, 2.05) is 31.2 Å². The van der Waals surface area contributed by atoms with Crippen LogP contribution in [0.2, 0.25) is 0 Å². The Morgan fingerprint density at radius 3 is 2.10 bits per heavy atom. The number of ketones is 1. The SMILES string of the molecule is CC(=O)c1ccc(N2CCN(C(C)C(=O)Nc3ccc(OC(F)F)cc3)CC2)cc1. The van der Waals surface area contributed by atoms with Crippen LogP contribution in [0.3, 0.4) is 0 Å². The minimum Gasteiger partial charge on any atom is -0.435 e. The molecule has 3 rings (SSSR count). The van der Waals surface area contributed by atoms with E-state index < -0.39 is 6.61 Å². The van der Waals surface area contributed by atoms with Crippen LogP contribution < -0.4 is 15.0 Å². The maximum Gasteiger partial charge on any atom is 0.387 e. The summed E-state index contributed by atoms with van der Waals surface area (Å²) in [6, 6.07) is 13.1. The second-order valence-electron chi connectivity index (χ2n) is 7.19. The van der Waals surface area contributed by atoms with Gasteiger partial charge in [-0.3, -0.25) is 14.5 Å². The molecule has 0 aromatic heterocycles. The molecule has 1 aliphatic heterocycles. The van der Waals surface area contributed by atoms with Gasteiger partial charge in [-0.05, 0) is 62.4 Å². The topological polar surface area (TPSA) is 61.9 Å². The van der Waals surface area contributed by atoms with E-state index in [0.717, 1.165) is 31.9 Å². The third kappa shape index (κ3) is 5.54. The van der Waals surface area contributed by atoms with E-state index in [1.54, 1.807) is 6.92 Å². The number of Topliss-reactive ketones (excluding diaryl/α,β-unsaturated/α-hetero) is 1. The zero-order chi connectivity index (χ0) is 21.7. The Balaban J connectivity index is 1.51. The monoisotopic (exact) mass is 417 g/mol. The summed E-state index contributed by atoms with van der Waals surface area (Å²) in [7, 11) is 0. The molecule has 1 aliphatic rings. The number of nitrogens with one attached hydrogen (secondary N) is 1. The molecule has 2 aromatic carbocycles. The lowest BCUT2D eigenvalue weighted by Gasteiger charge is -2.38. The number of anilines is 2. The molecular formula is C22H25F2N3O3. The number of piperazine rings is 1. The smallest absolute Gasteiger partial charge is 0.387 e. The number of carbonyl (C=O) groups excluding carboxylic acids is 2. The van der Waals surface area contributed by atoms with Crippen LogP contribution in [0.5, 0.6) is 5.75 Å². The molecule has 0 radical (unpaired) electrons. The average molecular weight is 417 g/mol. The lowest BCUT2D eigenvalue weighted by atomic mass is 10.1. The van der Waals surface area contributed by atoms with Gasteiger partial charge >= 0.3 is 6.61 Å². The largest absolute Gasteiger partial charge is 0.435 e. The summed E-state index contributed by atoms with van der Waals surface area (Å²) in [6.07, 6.45) is 0. The molecule has 30 heavy (non-hydrogen) atoms. The molecule has 1 amide bonds. The number of carbonyl (C=O) groups is 2. The molecule has 1 N–H and O–H groups in total. The molecular weight excluding hydrogens is 392 g/mol. The zero-order valence-corrected chi connectivity index (χ0v) is 17.0. The first-order valence-corrected chi connectivity index (χ1v) is 9.79. The van der Waals surface area contributed by atoms with Crippen molar-refractivity contribution in [2.45, 2.75) is 26.5 Å². The van der Waals surface area contributed by atoms with Gasteiger partial charge in [0.05, 0.1) is 6.04 Å². The molecule has 1 fully saturated rings. The standard InChI is InChI=1S/C22H25F2N3O3/c1-15(21(29)25-18-5-9-20(10-6-18)30-22(23)24)26-11-13-27(14-12-26)19-7-3-17(4-8-19)16(2)28/h3-10,15,22H,11-14H2,1-2H3,(H,25,29). The van der Waals surface area contributed by atoms with Gasteiger partial charge in [0.2, 0.25) is 5.91 Å². The first-order valence-electron chi connectivity index (χ1n) is 9.79. The quantitative estimate of drug-likeness (QED) is 0.697. The summed E-state index contributed by atoms with van der Waals surface area (Å²) in [6.45, 7) is 3.52. The van der Waals surface area contributed by atoms with Crippen molar-refractivity contribution in [1.29, 1.82) is 0 Å². The van der Waals surface area contributed by atoms with Crippen molar-refractivity contribution >= 4 is 23.1 Å². The number of hydrogen-bond acceptors (Lipinski definition) is 5. The minimum absolute atomic E-state index is 0.0439. The number of benzene rings is 2. The zero-order valence-electron chi connectivity index (χ0n) is 17.0. The maximum atomic E-state index is 12.6. The van der Waals surface area contributed by atoms with Crippen LogP contribution in [0.1, 0.15) is 24.2 Å². The lowest BCUT2D eigenvalue weighted by molar-refractivity contribution is -0.120. The summed E-state index contributed by atoms with van der Waals surface area (Å²) in [5.41, 5.74) is 2.28. The van der Waals surface area contributed by atoms with Gasteiger partial charge in [-0.25, -0.2) is 0 Å². The minimum atomic E-state index is -2.88. The number of rotatable bonds is 7. The van der Waals surface area contributed by atoms with Gasteiger partial charge in [0, 0.05) is 43.1 Å². The van der Waals surface area contributed by atoms with Crippen LogP contribution in [0.4, 0.5) is 20.2 Å². The maximum absolute atomic E-state index is 12.6. The Labute approximate surface area is 174 Å². The second kappa shape index (κ2) is 9.67. The normalized spacial score (nSPS) is 15.7. The fraction of sp³-hybridized carbons (Fsp3) is 0.364. The first kappa shape index (κ1) is 21.7. The summed E-state index contributed by atoms with van der Waals surface area (Å²) in [4.78, 5) is 28.3. The summed E-state index contributed by atoms with van der Waals surface area (Å²) in [5.74, 6) is -0.0670. The summed E-state index contributed by atoms with van der Waals surface area (Å²) >= 11 is 0. The third-order valence-electron chi connectivity index (χ3n) is 5.23. The highest BCUT2D eigenvalue weighted by atomic mass is 19.3. The molecule has 0 saturated carbocycles. The van der Waals surface area contributed by atoms with Crippen molar-refractivity contribution < 1.29 is 23.1 Å². The predicted molar refractivity (Wildman–Crippen MR) is 111 cm³/mol. The van der Waals surface area contributed by atoms with Crippen LogP contribution in [0.15, 0.2) is 48.5 Å². The Hall–Kier alpha value is -3.00. The fourth-order valence-electron chi connectivity index (χ4n) is 3.41. The van der Waals surface area contributed by atoms with Gasteiger partial charge in [0.15, 0.2) is 5.78 Å². The Bertz CT molecular complexity index is 864. The number of halogens is 2. The lowest BCUT2D eigenvalue weighted by Crippen LogP contribution is -2.52. The van der Waals surface area contributed by atoms with E-state index in [2.05, 4.69) is 19.9 Å². The van der Waals surface area contributed by atoms with Crippen LogP contribution >= 0.6 is 0 Å². The first-order chi connectivity index (χ1) is 14.3. The molecule has 0 aliphatic carbocycles. The van der Waals surface area contributed by atoms with Crippen LogP contribution in [0, 0.1) is 0 Å². The van der Waals surface area contributed by atoms with Crippen molar-refractivity contribution in [3.8, 4) is 5.75 Å². The number of amides is 1. The van der Waals surface area contributed by atoms with E-state index in [9.17, 15) is 18.4 Å². The number of ether oxygens (including phenoxy) is 1. The van der Waals surface area contributed by atoms with Gasteiger partial charge in [-0.1, -0.05) is 0 Å². The molecule has 8 heteroatoms. The van der Waals surface area contributed by atoms with Crippen molar-refractivity contribution in [1.82, 2.24) is 4.90 Å². The van der Waals surface area contributed by atoms with Crippen molar-refractivity contribution in [2.75, 3.05) is 36.4 Å². The molecule has 1 heterocycles. The van der Waals surface area contributed by atoms with Crippen molar-refractivity contribution in [3.05, 3.63) is 54.1 Å². The van der Waals surface area contributed by atoms with Crippen LogP contribution in [-0.2, 0) is 4.79 Å². The number of alkyl halides is 2. The number of hydrogen-bond donors (Lipinski definition) is 1. The fourth-order valence-corrected chi connectivity index (χ4v) is 3.41. The van der Waals surface area contributed by atoms with Gasteiger partial charge in [-0.15, -0.1) is 0 Å². The van der Waals surface area contributed by atoms with E-state index in [1.165, 1.54) is 24.3 Å². The highest BCUT2D eigenvalue weighted by Crippen LogP contribution is 2.20. The average Bonchev–Trinajstić information content (AvgIpc) is 2.74. The molecule has 1 unspecified atom stereocenters. The van der Waals surface area contributed by atoms with E-state index >= 15 is 0 Å². The van der Waals surface area contributed by atoms with E-state index in [-0.39, 0.29) is 23.5 Å². The highest BCUT2D eigenvalue weighted by molar-refractivity contribution is 5.95. The molecule has 1 atom stereocenters. The van der Waals surface area contributed by atoms with Gasteiger partial charge < -0.3 is 15.0 Å². The van der Waals surface area contributed by atoms with E-state index in [0.29, 0.717) is 11.3 Å². The summed E-state index contributed by atoms with van der Waals surface area (Å²) < 4.78 is 28.7. The van der Waals surface area contributed by atoms with Gasteiger partial charge in [0.25, 0.3) is 0 Å². The predicted octanol–water partition coefficient (Wildman–Crippen LogP) is 3.64. The Kier molecular flexibility index (Phi) is 6.99. The second-order valence-corrected chi connectivity index (χ2v) is 7.19. The number of nitrogens with zero attached hydrogens (tertiary/aromatic N) is 2. The van der Waals surface area contributed by atoms with Gasteiger partial charge in [-0.2, -0.15) is 8.78 Å². The van der Waals surface area contributed by atoms with E-state index in [4.69, 9.17) is 0 Å². The van der Waals surface area contributed by atoms with Gasteiger partial charge in [0.1, 0.15) is 5.75 Å². The van der Waals surface area contributed by atoms with Crippen LogP contribution in [-0.4, -0.2) is 55.4 Å². The molecule has 6 nitrogen and oxygen atoms in total. The van der Waals surface area contributed by atoms with Crippen molar-refractivity contribution in [2.24, 2.45) is 0 Å².